The van der Waals surface area contributed by atoms with Crippen LogP contribution in [0, 0.1) is 13.8 Å². The Balaban J connectivity index is 2.35. The molecule has 0 aliphatic heterocycles. The van der Waals surface area contributed by atoms with Gasteiger partial charge < -0.3 is 10.2 Å². The van der Waals surface area contributed by atoms with Crippen molar-refractivity contribution < 1.29 is 9.59 Å². The molecule has 0 spiro atoms. The Hall–Kier alpha value is -2.04. The highest BCUT2D eigenvalue weighted by molar-refractivity contribution is 6.42. The molecule has 0 aliphatic carbocycles. The maximum Gasteiger partial charge on any atom is 0.243 e. The minimum atomic E-state index is -0.569. The fourth-order valence-electron chi connectivity index (χ4n) is 3.58. The van der Waals surface area contributed by atoms with E-state index in [1.54, 1.807) is 17.0 Å². The highest BCUT2D eigenvalue weighted by Gasteiger charge is 2.29. The van der Waals surface area contributed by atoms with Crippen molar-refractivity contribution in [3.8, 4) is 0 Å². The van der Waals surface area contributed by atoms with E-state index in [1.165, 1.54) is 0 Å². The second-order valence-corrected chi connectivity index (χ2v) is 8.84. The molecule has 2 rings (SSSR count). The minimum Gasteiger partial charge on any atom is -0.352 e. The van der Waals surface area contributed by atoms with Gasteiger partial charge in [0.05, 0.1) is 16.5 Å². The van der Waals surface area contributed by atoms with Gasteiger partial charge in [0.15, 0.2) is 0 Å². The number of carbonyl (C=O) groups excluding carboxylic acids is 2. The van der Waals surface area contributed by atoms with Gasteiger partial charge in [-0.25, -0.2) is 0 Å². The van der Waals surface area contributed by atoms with E-state index in [9.17, 15) is 9.59 Å². The Bertz CT molecular complexity index is 892. The number of benzene rings is 2. The van der Waals surface area contributed by atoms with Crippen LogP contribution in [0.1, 0.15) is 49.4 Å². The molecular weight excluding hydrogens is 419 g/mol. The van der Waals surface area contributed by atoms with Crippen molar-refractivity contribution >= 4 is 35.0 Å². The zero-order valence-corrected chi connectivity index (χ0v) is 19.8. The normalized spacial score (nSPS) is 12.0. The van der Waals surface area contributed by atoms with Gasteiger partial charge in [0, 0.05) is 12.6 Å². The summed E-state index contributed by atoms with van der Waals surface area (Å²) >= 11 is 12.2. The number of rotatable bonds is 8. The van der Waals surface area contributed by atoms with Crippen molar-refractivity contribution in [3.05, 3.63) is 68.7 Å². The first-order chi connectivity index (χ1) is 14.1. The van der Waals surface area contributed by atoms with Gasteiger partial charge >= 0.3 is 0 Å². The molecule has 0 unspecified atom stereocenters. The molecule has 0 fully saturated rings. The molecule has 2 aromatic carbocycles. The molecule has 0 aromatic heterocycles. The summed E-state index contributed by atoms with van der Waals surface area (Å²) < 4.78 is 0. The topological polar surface area (TPSA) is 49.4 Å². The summed E-state index contributed by atoms with van der Waals surface area (Å²) in [6, 6.07) is 10.8. The standard InChI is InChI=1S/C24H30Cl2N2O2/c1-6-22(24(30)27-15(2)3)28(14-18-7-8-20(25)21(26)12-18)23(29)13-19-10-16(4)9-17(5)11-19/h7-12,15,22H,6,13-14H2,1-5H3,(H,27,30)/t22-/m0/s1. The number of halogens is 2. The lowest BCUT2D eigenvalue weighted by atomic mass is 10.0. The average Bonchev–Trinajstić information content (AvgIpc) is 2.63. The van der Waals surface area contributed by atoms with Crippen molar-refractivity contribution in [2.24, 2.45) is 0 Å². The van der Waals surface area contributed by atoms with Gasteiger partial charge in [0.1, 0.15) is 6.04 Å². The van der Waals surface area contributed by atoms with E-state index in [0.29, 0.717) is 16.5 Å². The molecule has 2 amide bonds. The summed E-state index contributed by atoms with van der Waals surface area (Å²) in [7, 11) is 0. The molecule has 0 aliphatic rings. The zero-order valence-electron chi connectivity index (χ0n) is 18.3. The van der Waals surface area contributed by atoms with Crippen molar-refractivity contribution in [1.82, 2.24) is 10.2 Å². The Morgan fingerprint density at radius 2 is 1.60 bits per heavy atom. The summed E-state index contributed by atoms with van der Waals surface area (Å²) in [6.45, 7) is 10.0. The molecule has 0 heterocycles. The van der Waals surface area contributed by atoms with E-state index < -0.39 is 6.04 Å². The van der Waals surface area contributed by atoms with Gasteiger partial charge in [-0.15, -0.1) is 0 Å². The smallest absolute Gasteiger partial charge is 0.243 e. The maximum atomic E-state index is 13.4. The molecule has 0 saturated carbocycles. The number of carbonyl (C=O) groups is 2. The summed E-state index contributed by atoms with van der Waals surface area (Å²) in [5.74, 6) is -0.252. The third-order valence-electron chi connectivity index (χ3n) is 4.79. The number of amides is 2. The molecular formula is C24H30Cl2N2O2. The predicted octanol–water partition coefficient (Wildman–Crippen LogP) is 5.48. The van der Waals surface area contributed by atoms with Gasteiger partial charge in [0.2, 0.25) is 11.8 Å². The van der Waals surface area contributed by atoms with Crippen LogP contribution in [-0.4, -0.2) is 28.8 Å². The highest BCUT2D eigenvalue weighted by Crippen LogP contribution is 2.24. The zero-order chi connectivity index (χ0) is 22.4. The summed E-state index contributed by atoms with van der Waals surface area (Å²) in [5, 5.41) is 3.82. The lowest BCUT2D eigenvalue weighted by Crippen LogP contribution is -2.50. The van der Waals surface area contributed by atoms with Crippen LogP contribution in [0.4, 0.5) is 0 Å². The van der Waals surface area contributed by atoms with E-state index in [0.717, 1.165) is 22.3 Å². The first kappa shape index (κ1) is 24.2. The Morgan fingerprint density at radius 1 is 0.967 bits per heavy atom. The molecule has 0 radical (unpaired) electrons. The quantitative estimate of drug-likeness (QED) is 0.580. The molecule has 1 N–H and O–H groups in total. The van der Waals surface area contributed by atoms with Crippen molar-refractivity contribution in [3.63, 3.8) is 0 Å². The summed E-state index contributed by atoms with van der Waals surface area (Å²) in [4.78, 5) is 27.9. The van der Waals surface area contributed by atoms with Crippen LogP contribution in [0.3, 0.4) is 0 Å². The number of hydrogen-bond acceptors (Lipinski definition) is 2. The number of nitrogens with zero attached hydrogens (tertiary/aromatic N) is 1. The van der Waals surface area contributed by atoms with E-state index in [2.05, 4.69) is 11.4 Å². The fraction of sp³-hybridized carbons (Fsp3) is 0.417. The third kappa shape index (κ3) is 6.75. The van der Waals surface area contributed by atoms with Gasteiger partial charge in [-0.3, -0.25) is 9.59 Å². The number of aryl methyl sites for hydroxylation is 2. The maximum absolute atomic E-state index is 13.4. The van der Waals surface area contributed by atoms with Gasteiger partial charge in [-0.1, -0.05) is 65.5 Å². The van der Waals surface area contributed by atoms with E-state index in [1.807, 2.05) is 52.8 Å². The predicted molar refractivity (Wildman–Crippen MR) is 124 cm³/mol. The monoisotopic (exact) mass is 448 g/mol. The molecule has 0 bridgehead atoms. The van der Waals surface area contributed by atoms with Gasteiger partial charge in [0.25, 0.3) is 0 Å². The SMILES string of the molecule is CC[C@@H](C(=O)NC(C)C)N(Cc1ccc(Cl)c(Cl)c1)C(=O)Cc1cc(C)cc(C)c1. The second kappa shape index (κ2) is 10.8. The van der Waals surface area contributed by atoms with Crippen LogP contribution in [0.2, 0.25) is 10.0 Å². The van der Waals surface area contributed by atoms with Crippen LogP contribution < -0.4 is 5.32 Å². The van der Waals surface area contributed by atoms with Crippen molar-refractivity contribution in [2.75, 3.05) is 0 Å². The molecule has 0 saturated heterocycles. The first-order valence-corrected chi connectivity index (χ1v) is 11.0. The molecule has 1 atom stereocenters. The van der Waals surface area contributed by atoms with Crippen LogP contribution in [0.25, 0.3) is 0 Å². The van der Waals surface area contributed by atoms with Crippen LogP contribution in [0.5, 0.6) is 0 Å². The fourth-order valence-corrected chi connectivity index (χ4v) is 3.90. The molecule has 30 heavy (non-hydrogen) atoms. The molecule has 2 aromatic rings. The Kier molecular flexibility index (Phi) is 8.75. The molecule has 6 heteroatoms. The first-order valence-electron chi connectivity index (χ1n) is 10.2. The largest absolute Gasteiger partial charge is 0.352 e. The minimum absolute atomic E-state index is 0.00657. The highest BCUT2D eigenvalue weighted by atomic mass is 35.5. The Labute approximate surface area is 189 Å². The van der Waals surface area contributed by atoms with Crippen LogP contribution in [-0.2, 0) is 22.6 Å². The van der Waals surface area contributed by atoms with Crippen LogP contribution in [0.15, 0.2) is 36.4 Å². The van der Waals surface area contributed by atoms with Gasteiger partial charge in [-0.05, 0) is 57.4 Å². The number of hydrogen-bond donors (Lipinski definition) is 1. The lowest BCUT2D eigenvalue weighted by molar-refractivity contribution is -0.141. The second-order valence-electron chi connectivity index (χ2n) is 8.03. The number of nitrogens with one attached hydrogen (secondary N) is 1. The van der Waals surface area contributed by atoms with E-state index in [4.69, 9.17) is 23.2 Å². The third-order valence-corrected chi connectivity index (χ3v) is 5.53. The molecule has 162 valence electrons. The lowest BCUT2D eigenvalue weighted by Gasteiger charge is -2.31. The van der Waals surface area contributed by atoms with E-state index in [-0.39, 0.29) is 30.8 Å². The van der Waals surface area contributed by atoms with Crippen molar-refractivity contribution in [1.29, 1.82) is 0 Å². The molecule has 4 nitrogen and oxygen atoms in total. The summed E-state index contributed by atoms with van der Waals surface area (Å²) in [6.07, 6.45) is 0.744. The van der Waals surface area contributed by atoms with E-state index >= 15 is 0 Å². The summed E-state index contributed by atoms with van der Waals surface area (Å²) in [5.41, 5.74) is 3.99. The Morgan fingerprint density at radius 3 is 2.13 bits per heavy atom. The van der Waals surface area contributed by atoms with Crippen molar-refractivity contribution in [2.45, 2.75) is 66.1 Å². The van der Waals surface area contributed by atoms with Crippen LogP contribution >= 0.6 is 23.2 Å². The average molecular weight is 449 g/mol. The van der Waals surface area contributed by atoms with Gasteiger partial charge in [-0.2, -0.15) is 0 Å².